The minimum atomic E-state index is -3.92. The maximum atomic E-state index is 12.5. The number of sulfonamides is 1. The first-order valence-corrected chi connectivity index (χ1v) is 10.4. The lowest BCUT2D eigenvalue weighted by molar-refractivity contribution is -0.384. The molecule has 3 rings (SSSR count). The predicted octanol–water partition coefficient (Wildman–Crippen LogP) is 2.21. The summed E-state index contributed by atoms with van der Waals surface area (Å²) in [7, 11) is -2.53. The first-order chi connectivity index (χ1) is 15.3. The molecule has 1 heterocycles. The Morgan fingerprint density at radius 1 is 1.09 bits per heavy atom. The highest BCUT2D eigenvalue weighted by Gasteiger charge is 2.16. The lowest BCUT2D eigenvalue weighted by atomic mass is 10.3. The number of carbonyl (C=O) groups is 1. The zero-order valence-electron chi connectivity index (χ0n) is 16.6. The van der Waals surface area contributed by atoms with Crippen molar-refractivity contribution in [2.24, 2.45) is 0 Å². The molecule has 0 saturated heterocycles. The molecule has 0 aliphatic rings. The minimum Gasteiger partial charge on any atom is -0.484 e. The van der Waals surface area contributed by atoms with Gasteiger partial charge in [0.25, 0.3) is 21.6 Å². The van der Waals surface area contributed by atoms with Gasteiger partial charge in [0.15, 0.2) is 6.61 Å². The Balaban J connectivity index is 1.57. The Kier molecular flexibility index (Phi) is 6.80. The lowest BCUT2D eigenvalue weighted by Crippen LogP contribution is -2.20. The molecule has 0 fully saturated rings. The Labute approximate surface area is 182 Å². The molecule has 0 aliphatic heterocycles. The molecule has 13 heteroatoms. The number of non-ortho nitro benzene ring substituents is 1. The molecule has 2 N–H and O–H groups in total. The minimum absolute atomic E-state index is 0.0395. The van der Waals surface area contributed by atoms with Crippen LogP contribution in [0.3, 0.4) is 0 Å². The van der Waals surface area contributed by atoms with Crippen molar-refractivity contribution in [2.45, 2.75) is 4.90 Å². The molecule has 0 spiro atoms. The second-order valence-corrected chi connectivity index (χ2v) is 7.85. The molecule has 32 heavy (non-hydrogen) atoms. The van der Waals surface area contributed by atoms with Gasteiger partial charge < -0.3 is 14.8 Å². The number of nitro groups is 1. The number of anilines is 2. The molecule has 0 atom stereocenters. The molecule has 1 amide bonds. The predicted molar refractivity (Wildman–Crippen MR) is 113 cm³/mol. The topological polar surface area (TPSA) is 163 Å². The van der Waals surface area contributed by atoms with Gasteiger partial charge in [0.1, 0.15) is 17.9 Å². The fraction of sp³-hybridized carbons (Fsp3) is 0.105. The van der Waals surface area contributed by atoms with Crippen LogP contribution < -0.4 is 19.5 Å². The molecule has 0 radical (unpaired) electrons. The third-order valence-corrected chi connectivity index (χ3v) is 5.33. The zero-order valence-corrected chi connectivity index (χ0v) is 17.4. The number of nitro benzene ring substituents is 1. The number of ether oxygens (including phenoxy) is 2. The van der Waals surface area contributed by atoms with Gasteiger partial charge in [-0.05, 0) is 36.4 Å². The van der Waals surface area contributed by atoms with E-state index in [1.807, 2.05) is 0 Å². The van der Waals surface area contributed by atoms with Gasteiger partial charge in [-0.1, -0.05) is 0 Å². The molecule has 0 unspecified atom stereocenters. The van der Waals surface area contributed by atoms with Crippen LogP contribution in [-0.4, -0.2) is 42.9 Å². The zero-order chi connectivity index (χ0) is 23.1. The number of nitrogens with one attached hydrogen (secondary N) is 2. The number of hydrogen-bond acceptors (Lipinski definition) is 9. The van der Waals surface area contributed by atoms with Crippen LogP contribution in [0, 0.1) is 10.1 Å². The highest BCUT2D eigenvalue weighted by atomic mass is 32.2. The van der Waals surface area contributed by atoms with Crippen LogP contribution in [0.2, 0.25) is 0 Å². The smallest absolute Gasteiger partial charge is 0.269 e. The fourth-order valence-corrected chi connectivity index (χ4v) is 3.43. The first-order valence-electron chi connectivity index (χ1n) is 8.93. The Morgan fingerprint density at radius 3 is 2.41 bits per heavy atom. The van der Waals surface area contributed by atoms with Gasteiger partial charge in [-0.15, -0.1) is 0 Å². The summed E-state index contributed by atoms with van der Waals surface area (Å²) >= 11 is 0. The van der Waals surface area contributed by atoms with Gasteiger partial charge in [-0.25, -0.2) is 18.4 Å². The average Bonchev–Trinajstić information content (AvgIpc) is 2.78. The summed E-state index contributed by atoms with van der Waals surface area (Å²) < 4.78 is 37.5. The second-order valence-electron chi connectivity index (χ2n) is 6.16. The lowest BCUT2D eigenvalue weighted by Gasteiger charge is -2.10. The Morgan fingerprint density at radius 2 is 1.78 bits per heavy atom. The normalized spacial score (nSPS) is 10.8. The van der Waals surface area contributed by atoms with Crippen molar-refractivity contribution < 1.29 is 27.6 Å². The van der Waals surface area contributed by atoms with Crippen LogP contribution >= 0.6 is 0 Å². The van der Waals surface area contributed by atoms with E-state index in [9.17, 15) is 23.3 Å². The fourth-order valence-electron chi connectivity index (χ4n) is 2.43. The van der Waals surface area contributed by atoms with Crippen molar-refractivity contribution >= 4 is 33.1 Å². The monoisotopic (exact) mass is 459 g/mol. The highest BCUT2D eigenvalue weighted by Crippen LogP contribution is 2.19. The summed E-state index contributed by atoms with van der Waals surface area (Å²) in [5, 5.41) is 13.2. The Hall–Kier alpha value is -4.26. The molecule has 0 bridgehead atoms. The molecule has 0 aliphatic carbocycles. The van der Waals surface area contributed by atoms with E-state index in [1.54, 1.807) is 0 Å². The summed E-state index contributed by atoms with van der Waals surface area (Å²) in [6.07, 6.45) is 1.16. The summed E-state index contributed by atoms with van der Waals surface area (Å²) in [4.78, 5) is 29.7. The van der Waals surface area contributed by atoms with Crippen molar-refractivity contribution in [1.82, 2.24) is 9.97 Å². The van der Waals surface area contributed by atoms with E-state index >= 15 is 0 Å². The summed E-state index contributed by atoms with van der Waals surface area (Å²) in [5.74, 6) is 0.0362. The van der Waals surface area contributed by atoms with E-state index in [-0.39, 0.29) is 28.9 Å². The summed E-state index contributed by atoms with van der Waals surface area (Å²) in [6.45, 7) is -0.338. The van der Waals surface area contributed by atoms with Crippen molar-refractivity contribution in [3.05, 3.63) is 71.0 Å². The van der Waals surface area contributed by atoms with E-state index in [0.29, 0.717) is 11.4 Å². The number of methoxy groups -OCH3 is 1. The van der Waals surface area contributed by atoms with Gasteiger partial charge in [0, 0.05) is 23.9 Å². The molecule has 2 aromatic carbocycles. The Bertz CT molecular complexity index is 1220. The second kappa shape index (κ2) is 9.70. The van der Waals surface area contributed by atoms with E-state index < -0.39 is 20.9 Å². The van der Waals surface area contributed by atoms with Crippen LogP contribution in [0.4, 0.5) is 17.2 Å². The van der Waals surface area contributed by atoms with E-state index in [4.69, 9.17) is 9.47 Å². The van der Waals surface area contributed by atoms with Gasteiger partial charge >= 0.3 is 0 Å². The molecule has 12 nitrogen and oxygen atoms in total. The quantitative estimate of drug-likeness (QED) is 0.361. The van der Waals surface area contributed by atoms with Crippen molar-refractivity contribution in [1.29, 1.82) is 0 Å². The molecular weight excluding hydrogens is 442 g/mol. The number of aromatic nitrogens is 2. The maximum Gasteiger partial charge on any atom is 0.269 e. The largest absolute Gasteiger partial charge is 0.484 e. The van der Waals surface area contributed by atoms with Crippen LogP contribution in [-0.2, 0) is 14.8 Å². The summed E-state index contributed by atoms with van der Waals surface area (Å²) in [5.41, 5.74) is 0.259. The number of benzene rings is 2. The standard InChI is InChI=1S/C19H17N5O7S/c1-30-19-10-17(20-12-21-19)23-32(28,29)16-8-2-13(3-9-16)22-18(25)11-31-15-6-4-14(5-7-15)24(26)27/h2-10,12H,11H2,1H3,(H,22,25)(H,20,21,23). The number of rotatable bonds is 9. The van der Waals surface area contributed by atoms with Crippen molar-refractivity contribution in [2.75, 3.05) is 23.8 Å². The van der Waals surface area contributed by atoms with E-state index in [1.165, 1.54) is 61.7 Å². The number of nitrogens with zero attached hydrogens (tertiary/aromatic N) is 3. The first kappa shape index (κ1) is 22.4. The van der Waals surface area contributed by atoms with Gasteiger partial charge in [0.05, 0.1) is 16.9 Å². The van der Waals surface area contributed by atoms with Crippen LogP contribution in [0.5, 0.6) is 11.6 Å². The SMILES string of the molecule is COc1cc(NS(=O)(=O)c2ccc(NC(=O)COc3ccc([N+](=O)[O-])cc3)cc2)ncn1. The van der Waals surface area contributed by atoms with Gasteiger partial charge in [0.2, 0.25) is 5.88 Å². The molecule has 1 aromatic heterocycles. The maximum absolute atomic E-state index is 12.5. The average molecular weight is 459 g/mol. The van der Waals surface area contributed by atoms with Crippen LogP contribution in [0.15, 0.2) is 65.8 Å². The molecule has 166 valence electrons. The van der Waals surface area contributed by atoms with E-state index in [2.05, 4.69) is 20.0 Å². The van der Waals surface area contributed by atoms with Gasteiger partial charge in [-0.2, -0.15) is 0 Å². The highest BCUT2D eigenvalue weighted by molar-refractivity contribution is 7.92. The molecule has 0 saturated carbocycles. The number of carbonyl (C=O) groups excluding carboxylic acids is 1. The third kappa shape index (κ3) is 5.89. The molecule has 3 aromatic rings. The van der Waals surface area contributed by atoms with Gasteiger partial charge in [-0.3, -0.25) is 19.6 Å². The third-order valence-electron chi connectivity index (χ3n) is 3.96. The number of hydrogen-bond donors (Lipinski definition) is 2. The summed E-state index contributed by atoms with van der Waals surface area (Å²) in [6, 6.07) is 12.1. The number of amides is 1. The van der Waals surface area contributed by atoms with Crippen molar-refractivity contribution in [3.63, 3.8) is 0 Å². The van der Waals surface area contributed by atoms with Crippen LogP contribution in [0.25, 0.3) is 0 Å². The van der Waals surface area contributed by atoms with Crippen LogP contribution in [0.1, 0.15) is 0 Å². The van der Waals surface area contributed by atoms with Crippen molar-refractivity contribution in [3.8, 4) is 11.6 Å². The van der Waals surface area contributed by atoms with E-state index in [0.717, 1.165) is 6.33 Å². The molecular formula is C19H17N5O7S.